The Hall–Kier alpha value is -0.900. The molecule has 3 nitrogen and oxygen atoms in total. The average Bonchev–Trinajstić information content (AvgIpc) is 2.35. The van der Waals surface area contributed by atoms with Crippen LogP contribution in [0.25, 0.3) is 0 Å². The molecule has 0 bridgehead atoms. The smallest absolute Gasteiger partial charge is 0.0719 e. The summed E-state index contributed by atoms with van der Waals surface area (Å²) in [4.78, 5) is 6.97. The number of hydrogen-bond donors (Lipinski definition) is 1. The zero-order valence-corrected chi connectivity index (χ0v) is 10.3. The van der Waals surface area contributed by atoms with Crippen LogP contribution in [0.15, 0.2) is 24.3 Å². The van der Waals surface area contributed by atoms with Crippen molar-refractivity contribution in [1.29, 1.82) is 0 Å². The lowest BCUT2D eigenvalue weighted by Crippen LogP contribution is -2.22. The highest BCUT2D eigenvalue weighted by Gasteiger charge is 2.00. The van der Waals surface area contributed by atoms with Gasteiger partial charge in [0, 0.05) is 6.54 Å². The van der Waals surface area contributed by atoms with Crippen molar-refractivity contribution in [2.24, 2.45) is 5.90 Å². The van der Waals surface area contributed by atoms with Crippen molar-refractivity contribution in [2.75, 3.05) is 19.7 Å². The largest absolute Gasteiger partial charge is 0.304 e. The molecule has 0 heterocycles. The van der Waals surface area contributed by atoms with Gasteiger partial charge >= 0.3 is 0 Å². The van der Waals surface area contributed by atoms with E-state index in [0.29, 0.717) is 6.61 Å². The highest BCUT2D eigenvalue weighted by Crippen LogP contribution is 2.08. The summed E-state index contributed by atoms with van der Waals surface area (Å²) in [6.07, 6.45) is 0.877. The Balaban J connectivity index is 2.50. The van der Waals surface area contributed by atoms with Crippen LogP contribution in [0, 0.1) is 0 Å². The van der Waals surface area contributed by atoms with Crippen molar-refractivity contribution in [3.05, 3.63) is 35.4 Å². The second-order valence-corrected chi connectivity index (χ2v) is 3.90. The normalized spacial score (nSPS) is 11.0. The van der Waals surface area contributed by atoms with Crippen LogP contribution < -0.4 is 5.90 Å². The van der Waals surface area contributed by atoms with Crippen molar-refractivity contribution in [2.45, 2.75) is 26.8 Å². The van der Waals surface area contributed by atoms with E-state index in [1.807, 2.05) is 0 Å². The summed E-state index contributed by atoms with van der Waals surface area (Å²) >= 11 is 0. The third kappa shape index (κ3) is 4.31. The summed E-state index contributed by atoms with van der Waals surface area (Å²) in [5.41, 5.74) is 2.63. The van der Waals surface area contributed by atoms with Crippen molar-refractivity contribution < 1.29 is 4.84 Å². The van der Waals surface area contributed by atoms with Gasteiger partial charge in [-0.1, -0.05) is 38.1 Å². The minimum Gasteiger partial charge on any atom is -0.304 e. The van der Waals surface area contributed by atoms with Gasteiger partial charge in [-0.05, 0) is 30.6 Å². The molecule has 3 heteroatoms. The predicted octanol–water partition coefficient (Wildman–Crippen LogP) is 1.96. The standard InChI is InChI=1S/C13H22N2O/c1-3-15(4-2)11-13-7-5-12(6-8-13)9-10-16-14/h5-8H,3-4,9-11,14H2,1-2H3. The molecule has 16 heavy (non-hydrogen) atoms. The average molecular weight is 222 g/mol. The van der Waals surface area contributed by atoms with Crippen molar-refractivity contribution in [3.8, 4) is 0 Å². The molecular weight excluding hydrogens is 200 g/mol. The maximum atomic E-state index is 5.00. The van der Waals surface area contributed by atoms with E-state index in [9.17, 15) is 0 Å². The van der Waals surface area contributed by atoms with Gasteiger partial charge in [-0.15, -0.1) is 0 Å². The zero-order valence-electron chi connectivity index (χ0n) is 10.3. The topological polar surface area (TPSA) is 38.5 Å². The van der Waals surface area contributed by atoms with E-state index in [1.54, 1.807) is 0 Å². The van der Waals surface area contributed by atoms with Crippen LogP contribution in [0.4, 0.5) is 0 Å². The fourth-order valence-electron chi connectivity index (χ4n) is 1.69. The third-order valence-corrected chi connectivity index (χ3v) is 2.83. The number of hydrogen-bond acceptors (Lipinski definition) is 3. The van der Waals surface area contributed by atoms with Gasteiger partial charge in [0.1, 0.15) is 0 Å². The highest BCUT2D eigenvalue weighted by molar-refractivity contribution is 5.22. The molecule has 0 aliphatic heterocycles. The highest BCUT2D eigenvalue weighted by atomic mass is 16.6. The molecule has 0 aliphatic carbocycles. The van der Waals surface area contributed by atoms with Gasteiger partial charge in [0.25, 0.3) is 0 Å². The lowest BCUT2D eigenvalue weighted by atomic mass is 10.1. The minimum absolute atomic E-state index is 0.579. The summed E-state index contributed by atoms with van der Waals surface area (Å²) in [7, 11) is 0. The van der Waals surface area contributed by atoms with Gasteiger partial charge < -0.3 is 4.84 Å². The Morgan fingerprint density at radius 1 is 1.06 bits per heavy atom. The van der Waals surface area contributed by atoms with E-state index < -0.39 is 0 Å². The summed E-state index contributed by atoms with van der Waals surface area (Å²) in [6, 6.07) is 8.67. The molecule has 1 aromatic carbocycles. The van der Waals surface area contributed by atoms with Crippen molar-refractivity contribution in [1.82, 2.24) is 4.90 Å². The van der Waals surface area contributed by atoms with Crippen LogP contribution in [-0.2, 0) is 17.8 Å². The van der Waals surface area contributed by atoms with E-state index in [0.717, 1.165) is 26.1 Å². The molecule has 0 fully saturated rings. The molecule has 0 saturated heterocycles. The Morgan fingerprint density at radius 2 is 1.62 bits per heavy atom. The summed E-state index contributed by atoms with van der Waals surface area (Å²) in [5.74, 6) is 5.00. The van der Waals surface area contributed by atoms with Crippen LogP contribution >= 0.6 is 0 Å². The Labute approximate surface area is 98.2 Å². The van der Waals surface area contributed by atoms with Crippen molar-refractivity contribution in [3.63, 3.8) is 0 Å². The minimum atomic E-state index is 0.579. The predicted molar refractivity (Wildman–Crippen MR) is 66.9 cm³/mol. The molecule has 0 unspecified atom stereocenters. The summed E-state index contributed by atoms with van der Waals surface area (Å²) in [6.45, 7) is 8.18. The molecule has 0 atom stereocenters. The molecule has 1 rings (SSSR count). The second kappa shape index (κ2) is 7.39. The molecule has 0 spiro atoms. The van der Waals surface area contributed by atoms with E-state index in [2.05, 4.69) is 47.9 Å². The zero-order chi connectivity index (χ0) is 11.8. The maximum absolute atomic E-state index is 5.00. The summed E-state index contributed by atoms with van der Waals surface area (Å²) < 4.78 is 0. The van der Waals surface area contributed by atoms with Gasteiger partial charge in [0.15, 0.2) is 0 Å². The Morgan fingerprint density at radius 3 is 2.12 bits per heavy atom. The molecule has 1 aromatic rings. The first-order valence-electron chi connectivity index (χ1n) is 5.92. The SMILES string of the molecule is CCN(CC)Cc1ccc(CCON)cc1. The number of nitrogens with two attached hydrogens (primary N) is 1. The van der Waals surface area contributed by atoms with E-state index in [1.165, 1.54) is 11.1 Å². The number of benzene rings is 1. The van der Waals surface area contributed by atoms with E-state index in [-0.39, 0.29) is 0 Å². The monoisotopic (exact) mass is 222 g/mol. The van der Waals surface area contributed by atoms with Gasteiger partial charge in [0.2, 0.25) is 0 Å². The molecule has 0 saturated carbocycles. The fraction of sp³-hybridized carbons (Fsp3) is 0.538. The first-order valence-corrected chi connectivity index (χ1v) is 5.92. The van der Waals surface area contributed by atoms with Gasteiger partial charge in [0.05, 0.1) is 6.61 Å². The van der Waals surface area contributed by atoms with Crippen LogP contribution in [0.1, 0.15) is 25.0 Å². The molecule has 0 radical (unpaired) electrons. The molecule has 0 amide bonds. The quantitative estimate of drug-likeness (QED) is 0.717. The molecule has 2 N–H and O–H groups in total. The molecular formula is C13H22N2O. The molecule has 0 aromatic heterocycles. The first-order chi connectivity index (χ1) is 7.80. The first kappa shape index (κ1) is 13.2. The lowest BCUT2D eigenvalue weighted by molar-refractivity contribution is 0.141. The lowest BCUT2D eigenvalue weighted by Gasteiger charge is -2.18. The van der Waals surface area contributed by atoms with Crippen LogP contribution in [-0.4, -0.2) is 24.6 Å². The molecule has 90 valence electrons. The summed E-state index contributed by atoms with van der Waals surface area (Å²) in [5, 5.41) is 0. The van der Waals surface area contributed by atoms with Crippen LogP contribution in [0.5, 0.6) is 0 Å². The molecule has 0 aliphatic rings. The third-order valence-electron chi connectivity index (χ3n) is 2.83. The van der Waals surface area contributed by atoms with E-state index >= 15 is 0 Å². The van der Waals surface area contributed by atoms with Crippen molar-refractivity contribution >= 4 is 0 Å². The number of rotatable bonds is 7. The number of nitrogens with zero attached hydrogens (tertiary/aromatic N) is 1. The van der Waals surface area contributed by atoms with Gasteiger partial charge in [-0.2, -0.15) is 0 Å². The van der Waals surface area contributed by atoms with Crippen LogP contribution in [0.2, 0.25) is 0 Å². The van der Waals surface area contributed by atoms with Gasteiger partial charge in [-0.3, -0.25) is 4.90 Å². The second-order valence-electron chi connectivity index (χ2n) is 3.90. The Bertz CT molecular complexity index is 280. The van der Waals surface area contributed by atoms with Crippen LogP contribution in [0.3, 0.4) is 0 Å². The maximum Gasteiger partial charge on any atom is 0.0719 e. The van der Waals surface area contributed by atoms with E-state index in [4.69, 9.17) is 5.90 Å². The van der Waals surface area contributed by atoms with Gasteiger partial charge in [-0.25, -0.2) is 5.90 Å². The Kier molecular flexibility index (Phi) is 6.08. The fourth-order valence-corrected chi connectivity index (χ4v) is 1.69.